The van der Waals surface area contributed by atoms with Crippen LogP contribution in [-0.2, 0) is 0 Å². The van der Waals surface area contributed by atoms with Crippen molar-refractivity contribution in [3.63, 3.8) is 0 Å². The molecule has 0 spiro atoms. The van der Waals surface area contributed by atoms with Crippen LogP contribution in [0.3, 0.4) is 0 Å². The molecule has 17 heavy (non-hydrogen) atoms. The van der Waals surface area contributed by atoms with E-state index in [1.54, 1.807) is 0 Å². The Morgan fingerprint density at radius 1 is 1.18 bits per heavy atom. The van der Waals surface area contributed by atoms with Crippen molar-refractivity contribution in [2.45, 2.75) is 45.7 Å². The summed E-state index contributed by atoms with van der Waals surface area (Å²) in [4.78, 5) is 2.44. The Labute approximate surface area is 105 Å². The Balaban J connectivity index is 2.01. The number of nitrogens with one attached hydrogen (secondary N) is 1. The highest BCUT2D eigenvalue weighted by Gasteiger charge is 2.22. The molecule has 1 aromatic rings. The van der Waals surface area contributed by atoms with Crippen molar-refractivity contribution < 1.29 is 0 Å². The second-order valence-electron chi connectivity index (χ2n) is 5.57. The molecule has 1 heterocycles. The summed E-state index contributed by atoms with van der Waals surface area (Å²) >= 11 is 0. The molecule has 1 aliphatic heterocycles. The maximum Gasteiger partial charge on any atom is 0.0347 e. The Hall–Kier alpha value is -1.02. The van der Waals surface area contributed by atoms with Crippen LogP contribution >= 0.6 is 0 Å². The number of rotatable bonds is 2. The molecule has 2 atom stereocenters. The molecular formula is C15H24N2. The topological polar surface area (TPSA) is 15.3 Å². The average Bonchev–Trinajstić information content (AvgIpc) is 2.22. The first-order chi connectivity index (χ1) is 8.04. The van der Waals surface area contributed by atoms with E-state index in [0.717, 1.165) is 0 Å². The first-order valence-corrected chi connectivity index (χ1v) is 6.59. The molecule has 2 nitrogen and oxygen atoms in total. The average molecular weight is 232 g/mol. The van der Waals surface area contributed by atoms with Gasteiger partial charge in [-0.15, -0.1) is 0 Å². The molecule has 1 saturated heterocycles. The van der Waals surface area contributed by atoms with Gasteiger partial charge in [-0.05, 0) is 63.9 Å². The fourth-order valence-electron chi connectivity index (χ4n) is 2.71. The fourth-order valence-corrected chi connectivity index (χ4v) is 2.71. The predicted octanol–water partition coefficient (Wildman–Crippen LogP) is 3.20. The Kier molecular flexibility index (Phi) is 3.72. The predicted molar refractivity (Wildman–Crippen MR) is 74.7 cm³/mol. The van der Waals surface area contributed by atoms with Gasteiger partial charge in [0.2, 0.25) is 0 Å². The zero-order valence-electron chi connectivity index (χ0n) is 11.5. The molecule has 2 unspecified atom stereocenters. The third kappa shape index (κ3) is 3.22. The van der Waals surface area contributed by atoms with E-state index in [-0.39, 0.29) is 0 Å². The minimum absolute atomic E-state index is 0.627. The molecule has 0 bridgehead atoms. The Morgan fingerprint density at radius 3 is 2.41 bits per heavy atom. The van der Waals surface area contributed by atoms with Crippen LogP contribution in [0, 0.1) is 13.8 Å². The Bertz CT molecular complexity index is 366. The molecule has 0 amide bonds. The fraction of sp³-hybridized carbons (Fsp3) is 0.600. The lowest BCUT2D eigenvalue weighted by atomic mass is 9.98. The van der Waals surface area contributed by atoms with E-state index in [4.69, 9.17) is 0 Å². The molecule has 1 aliphatic rings. The molecule has 0 saturated carbocycles. The SMILES string of the molecule is Cc1cc(C)cc(NC2CCN(C)C(C)C2)c1. The maximum absolute atomic E-state index is 3.69. The monoisotopic (exact) mass is 232 g/mol. The zero-order valence-corrected chi connectivity index (χ0v) is 11.5. The van der Waals surface area contributed by atoms with Crippen LogP contribution in [0.1, 0.15) is 30.9 Å². The molecule has 0 aliphatic carbocycles. The summed E-state index contributed by atoms with van der Waals surface area (Å²) in [5.41, 5.74) is 3.96. The molecule has 0 radical (unpaired) electrons. The maximum atomic E-state index is 3.69. The van der Waals surface area contributed by atoms with Crippen molar-refractivity contribution in [1.29, 1.82) is 0 Å². The number of likely N-dealkylation sites (tertiary alicyclic amines) is 1. The first-order valence-electron chi connectivity index (χ1n) is 6.59. The first kappa shape index (κ1) is 12.4. The molecule has 94 valence electrons. The van der Waals surface area contributed by atoms with E-state index in [1.807, 2.05) is 0 Å². The highest BCUT2D eigenvalue weighted by atomic mass is 15.1. The number of anilines is 1. The number of aryl methyl sites for hydroxylation is 2. The minimum Gasteiger partial charge on any atom is -0.382 e. The van der Waals surface area contributed by atoms with Gasteiger partial charge in [-0.2, -0.15) is 0 Å². The Morgan fingerprint density at radius 2 is 1.82 bits per heavy atom. The smallest absolute Gasteiger partial charge is 0.0347 e. The normalized spacial score (nSPS) is 25.9. The van der Waals surface area contributed by atoms with Gasteiger partial charge in [0.25, 0.3) is 0 Å². The largest absolute Gasteiger partial charge is 0.382 e. The van der Waals surface area contributed by atoms with Crippen molar-refractivity contribution >= 4 is 5.69 Å². The summed E-state index contributed by atoms with van der Waals surface area (Å²) in [6.45, 7) is 7.84. The standard InChI is InChI=1S/C15H24N2/c1-11-7-12(2)9-15(8-11)16-14-5-6-17(4)13(3)10-14/h7-9,13-14,16H,5-6,10H2,1-4H3. The quantitative estimate of drug-likeness (QED) is 0.842. The van der Waals surface area contributed by atoms with E-state index in [9.17, 15) is 0 Å². The van der Waals surface area contributed by atoms with Crippen molar-refractivity contribution in [2.75, 3.05) is 18.9 Å². The van der Waals surface area contributed by atoms with Gasteiger partial charge in [0.15, 0.2) is 0 Å². The van der Waals surface area contributed by atoms with E-state index < -0.39 is 0 Å². The molecule has 1 fully saturated rings. The molecule has 2 heteroatoms. The van der Waals surface area contributed by atoms with E-state index in [1.165, 1.54) is 36.2 Å². The molecule has 1 N–H and O–H groups in total. The summed E-state index contributed by atoms with van der Waals surface area (Å²) in [6.07, 6.45) is 2.48. The summed E-state index contributed by atoms with van der Waals surface area (Å²) in [6, 6.07) is 8.03. The van der Waals surface area contributed by atoms with Crippen LogP contribution in [0.25, 0.3) is 0 Å². The van der Waals surface area contributed by atoms with Crippen LogP contribution in [-0.4, -0.2) is 30.6 Å². The number of hydrogen-bond donors (Lipinski definition) is 1. The second kappa shape index (κ2) is 5.09. The van der Waals surface area contributed by atoms with Crippen LogP contribution < -0.4 is 5.32 Å². The molecule has 0 aromatic heterocycles. The highest BCUT2D eigenvalue weighted by Crippen LogP contribution is 2.21. The van der Waals surface area contributed by atoms with Gasteiger partial charge in [0.1, 0.15) is 0 Å². The van der Waals surface area contributed by atoms with Gasteiger partial charge in [0, 0.05) is 24.3 Å². The van der Waals surface area contributed by atoms with E-state index >= 15 is 0 Å². The van der Waals surface area contributed by atoms with Gasteiger partial charge in [0.05, 0.1) is 0 Å². The lowest BCUT2D eigenvalue weighted by Crippen LogP contribution is -2.42. The van der Waals surface area contributed by atoms with Crippen molar-refractivity contribution in [3.8, 4) is 0 Å². The number of nitrogens with zero attached hydrogens (tertiary/aromatic N) is 1. The van der Waals surface area contributed by atoms with Crippen LogP contribution in [0.4, 0.5) is 5.69 Å². The summed E-state index contributed by atoms with van der Waals surface area (Å²) in [5, 5.41) is 3.69. The molecule has 2 rings (SSSR count). The number of hydrogen-bond acceptors (Lipinski definition) is 2. The lowest BCUT2D eigenvalue weighted by Gasteiger charge is -2.35. The van der Waals surface area contributed by atoms with Crippen LogP contribution in [0.5, 0.6) is 0 Å². The second-order valence-corrected chi connectivity index (χ2v) is 5.57. The van der Waals surface area contributed by atoms with Gasteiger partial charge in [-0.3, -0.25) is 0 Å². The van der Waals surface area contributed by atoms with Crippen LogP contribution in [0.15, 0.2) is 18.2 Å². The van der Waals surface area contributed by atoms with Gasteiger partial charge in [-0.25, -0.2) is 0 Å². The van der Waals surface area contributed by atoms with Gasteiger partial charge >= 0.3 is 0 Å². The van der Waals surface area contributed by atoms with Gasteiger partial charge in [-0.1, -0.05) is 6.07 Å². The molecular weight excluding hydrogens is 208 g/mol. The third-order valence-corrected chi connectivity index (χ3v) is 3.80. The summed E-state index contributed by atoms with van der Waals surface area (Å²) in [7, 11) is 2.22. The van der Waals surface area contributed by atoms with Crippen molar-refractivity contribution in [2.24, 2.45) is 0 Å². The van der Waals surface area contributed by atoms with Gasteiger partial charge < -0.3 is 10.2 Å². The third-order valence-electron chi connectivity index (χ3n) is 3.80. The minimum atomic E-state index is 0.627. The van der Waals surface area contributed by atoms with Crippen molar-refractivity contribution in [1.82, 2.24) is 4.90 Å². The summed E-state index contributed by atoms with van der Waals surface area (Å²) in [5.74, 6) is 0. The van der Waals surface area contributed by atoms with E-state index in [2.05, 4.69) is 56.2 Å². The summed E-state index contributed by atoms with van der Waals surface area (Å²) < 4.78 is 0. The highest BCUT2D eigenvalue weighted by molar-refractivity contribution is 5.49. The zero-order chi connectivity index (χ0) is 12.4. The van der Waals surface area contributed by atoms with Crippen molar-refractivity contribution in [3.05, 3.63) is 29.3 Å². The number of benzene rings is 1. The number of piperidine rings is 1. The lowest BCUT2D eigenvalue weighted by molar-refractivity contribution is 0.190. The van der Waals surface area contributed by atoms with Crippen LogP contribution in [0.2, 0.25) is 0 Å². The molecule has 1 aromatic carbocycles. The van der Waals surface area contributed by atoms with E-state index in [0.29, 0.717) is 12.1 Å².